The summed E-state index contributed by atoms with van der Waals surface area (Å²) in [5.74, 6) is -0.369. The summed E-state index contributed by atoms with van der Waals surface area (Å²) < 4.78 is 9.97. The van der Waals surface area contributed by atoms with E-state index in [2.05, 4.69) is 0 Å². The van der Waals surface area contributed by atoms with Gasteiger partial charge in [-0.1, -0.05) is 0 Å². The van der Waals surface area contributed by atoms with Crippen LogP contribution >= 0.6 is 0 Å². The second-order valence-electron chi connectivity index (χ2n) is 4.36. The molecule has 5 nitrogen and oxygen atoms in total. The summed E-state index contributed by atoms with van der Waals surface area (Å²) in [6.07, 6.45) is 0. The lowest BCUT2D eigenvalue weighted by molar-refractivity contribution is -0.149. The summed E-state index contributed by atoms with van der Waals surface area (Å²) >= 11 is 0. The number of nitrogens with two attached hydrogens (primary N) is 1. The van der Waals surface area contributed by atoms with Crippen LogP contribution in [0.25, 0.3) is 0 Å². The highest BCUT2D eigenvalue weighted by atomic mass is 16.5. The van der Waals surface area contributed by atoms with Crippen molar-refractivity contribution in [2.45, 2.75) is 32.4 Å². The van der Waals surface area contributed by atoms with E-state index in [0.29, 0.717) is 19.8 Å². The van der Waals surface area contributed by atoms with E-state index in [-0.39, 0.29) is 12.0 Å². The smallest absolute Gasteiger partial charge is 0.327 e. The fourth-order valence-corrected chi connectivity index (χ4v) is 1.40. The van der Waals surface area contributed by atoms with Crippen molar-refractivity contribution < 1.29 is 14.3 Å². The van der Waals surface area contributed by atoms with E-state index in [9.17, 15) is 4.79 Å². The van der Waals surface area contributed by atoms with Gasteiger partial charge in [-0.05, 0) is 27.8 Å². The van der Waals surface area contributed by atoms with Crippen molar-refractivity contribution in [1.82, 2.24) is 4.90 Å². The SMILES string of the molecule is CCOC(=O)C(C)(N)CN(C)C(C)COC. The Labute approximate surface area is 97.9 Å². The topological polar surface area (TPSA) is 64.8 Å². The molecule has 0 aromatic carbocycles. The van der Waals surface area contributed by atoms with Crippen LogP contribution in [0.5, 0.6) is 0 Å². The maximum Gasteiger partial charge on any atom is 0.327 e. The Hall–Kier alpha value is -0.650. The number of methoxy groups -OCH3 is 1. The molecule has 96 valence electrons. The van der Waals surface area contributed by atoms with E-state index in [1.165, 1.54) is 0 Å². The quantitative estimate of drug-likeness (QED) is 0.637. The predicted octanol–water partition coefficient (Wildman–Crippen LogP) is 0.234. The number of carbonyl (C=O) groups is 1. The summed E-state index contributed by atoms with van der Waals surface area (Å²) in [6.45, 7) is 6.87. The average molecular weight is 232 g/mol. The molecule has 0 radical (unpaired) electrons. The Kier molecular flexibility index (Phi) is 6.55. The molecule has 0 amide bonds. The molecule has 0 aromatic rings. The van der Waals surface area contributed by atoms with Crippen LogP contribution in [0.2, 0.25) is 0 Å². The van der Waals surface area contributed by atoms with Crippen LogP contribution in [0.1, 0.15) is 20.8 Å². The minimum Gasteiger partial charge on any atom is -0.465 e. The monoisotopic (exact) mass is 232 g/mol. The van der Waals surface area contributed by atoms with Crippen molar-refractivity contribution in [3.05, 3.63) is 0 Å². The number of hydrogen-bond acceptors (Lipinski definition) is 5. The summed E-state index contributed by atoms with van der Waals surface area (Å²) in [5, 5.41) is 0. The molecular formula is C11H24N2O3. The molecule has 0 aliphatic heterocycles. The van der Waals surface area contributed by atoms with Gasteiger partial charge < -0.3 is 15.2 Å². The molecule has 0 aliphatic carbocycles. The lowest BCUT2D eigenvalue weighted by Crippen LogP contribution is -2.55. The average Bonchev–Trinajstić information content (AvgIpc) is 2.17. The molecular weight excluding hydrogens is 208 g/mol. The van der Waals surface area contributed by atoms with Gasteiger partial charge in [-0.25, -0.2) is 0 Å². The van der Waals surface area contributed by atoms with Gasteiger partial charge in [-0.2, -0.15) is 0 Å². The van der Waals surface area contributed by atoms with Crippen molar-refractivity contribution in [2.75, 3.05) is 33.9 Å². The lowest BCUT2D eigenvalue weighted by Gasteiger charge is -2.31. The number of esters is 1. The molecule has 0 rings (SSSR count). The van der Waals surface area contributed by atoms with Gasteiger partial charge in [0.2, 0.25) is 0 Å². The third-order valence-electron chi connectivity index (χ3n) is 2.48. The Bertz CT molecular complexity index is 219. The number of carbonyl (C=O) groups excluding carboxylic acids is 1. The maximum atomic E-state index is 11.6. The number of likely N-dealkylation sites (N-methyl/N-ethyl adjacent to an activating group) is 1. The van der Waals surface area contributed by atoms with Crippen LogP contribution in [0.3, 0.4) is 0 Å². The molecule has 16 heavy (non-hydrogen) atoms. The van der Waals surface area contributed by atoms with Crippen molar-refractivity contribution in [3.8, 4) is 0 Å². The first kappa shape index (κ1) is 15.3. The van der Waals surface area contributed by atoms with Crippen LogP contribution in [0, 0.1) is 0 Å². The third kappa shape index (κ3) is 4.92. The van der Waals surface area contributed by atoms with Gasteiger partial charge in [0.15, 0.2) is 0 Å². The molecule has 0 saturated heterocycles. The molecule has 0 aliphatic rings. The maximum absolute atomic E-state index is 11.6. The van der Waals surface area contributed by atoms with Crippen LogP contribution < -0.4 is 5.73 Å². The van der Waals surface area contributed by atoms with E-state index < -0.39 is 5.54 Å². The zero-order valence-corrected chi connectivity index (χ0v) is 10.9. The van der Waals surface area contributed by atoms with Crippen molar-refractivity contribution in [2.24, 2.45) is 5.73 Å². The zero-order valence-electron chi connectivity index (χ0n) is 10.9. The molecule has 0 bridgehead atoms. The van der Waals surface area contributed by atoms with E-state index in [0.717, 1.165) is 0 Å². The standard InChI is InChI=1S/C11H24N2O3/c1-6-16-10(14)11(3,12)8-13(4)9(2)7-15-5/h9H,6-8,12H2,1-5H3. The zero-order chi connectivity index (χ0) is 12.8. The predicted molar refractivity (Wildman–Crippen MR) is 63.2 cm³/mol. The molecule has 0 spiro atoms. The number of hydrogen-bond donors (Lipinski definition) is 1. The van der Waals surface area contributed by atoms with Gasteiger partial charge >= 0.3 is 5.97 Å². The Morgan fingerprint density at radius 1 is 1.56 bits per heavy atom. The summed E-state index contributed by atoms with van der Waals surface area (Å²) in [6, 6.07) is 0.210. The normalized spacial score (nSPS) is 16.9. The first-order valence-corrected chi connectivity index (χ1v) is 5.50. The minimum absolute atomic E-state index is 0.210. The largest absolute Gasteiger partial charge is 0.465 e. The van der Waals surface area contributed by atoms with Gasteiger partial charge in [0, 0.05) is 19.7 Å². The van der Waals surface area contributed by atoms with Crippen LogP contribution in [-0.4, -0.2) is 56.4 Å². The summed E-state index contributed by atoms with van der Waals surface area (Å²) in [4.78, 5) is 13.6. The number of nitrogens with zero attached hydrogens (tertiary/aromatic N) is 1. The molecule has 2 unspecified atom stereocenters. The highest BCUT2D eigenvalue weighted by Gasteiger charge is 2.32. The first-order valence-electron chi connectivity index (χ1n) is 5.50. The minimum atomic E-state index is -0.979. The van der Waals surface area contributed by atoms with Crippen molar-refractivity contribution in [1.29, 1.82) is 0 Å². The lowest BCUT2D eigenvalue weighted by atomic mass is 10.0. The fourth-order valence-electron chi connectivity index (χ4n) is 1.40. The molecule has 5 heteroatoms. The second kappa shape index (κ2) is 6.83. The second-order valence-corrected chi connectivity index (χ2v) is 4.36. The molecule has 0 aromatic heterocycles. The number of ether oxygens (including phenoxy) is 2. The van der Waals surface area contributed by atoms with Gasteiger partial charge in [0.25, 0.3) is 0 Å². The van der Waals surface area contributed by atoms with E-state index >= 15 is 0 Å². The van der Waals surface area contributed by atoms with Gasteiger partial charge in [0.1, 0.15) is 5.54 Å². The number of rotatable bonds is 7. The van der Waals surface area contributed by atoms with E-state index in [4.69, 9.17) is 15.2 Å². The van der Waals surface area contributed by atoms with Gasteiger partial charge in [0.05, 0.1) is 13.2 Å². The Morgan fingerprint density at radius 2 is 2.12 bits per heavy atom. The van der Waals surface area contributed by atoms with Gasteiger partial charge in [-0.3, -0.25) is 9.69 Å². The van der Waals surface area contributed by atoms with E-state index in [1.807, 2.05) is 18.9 Å². The van der Waals surface area contributed by atoms with Crippen LogP contribution in [-0.2, 0) is 14.3 Å². The van der Waals surface area contributed by atoms with Crippen molar-refractivity contribution in [3.63, 3.8) is 0 Å². The molecule has 0 saturated carbocycles. The molecule has 2 atom stereocenters. The Morgan fingerprint density at radius 3 is 2.56 bits per heavy atom. The van der Waals surface area contributed by atoms with Crippen molar-refractivity contribution >= 4 is 5.97 Å². The summed E-state index contributed by atoms with van der Waals surface area (Å²) in [7, 11) is 3.56. The first-order chi connectivity index (χ1) is 7.35. The molecule has 0 fully saturated rings. The Balaban J connectivity index is 4.28. The van der Waals surface area contributed by atoms with Gasteiger partial charge in [-0.15, -0.1) is 0 Å². The highest BCUT2D eigenvalue weighted by molar-refractivity contribution is 5.80. The van der Waals surface area contributed by atoms with Crippen LogP contribution in [0.4, 0.5) is 0 Å². The molecule has 0 heterocycles. The highest BCUT2D eigenvalue weighted by Crippen LogP contribution is 2.07. The van der Waals surface area contributed by atoms with E-state index in [1.54, 1.807) is 21.0 Å². The van der Waals surface area contributed by atoms with Crippen LogP contribution in [0.15, 0.2) is 0 Å². The third-order valence-corrected chi connectivity index (χ3v) is 2.48. The summed E-state index contributed by atoms with van der Waals surface area (Å²) in [5.41, 5.74) is 4.94. The fraction of sp³-hybridized carbons (Fsp3) is 0.909. The molecule has 2 N–H and O–H groups in total.